The maximum absolute atomic E-state index is 13.9. The number of piperidine rings is 1. The average Bonchev–Trinajstić information content (AvgIpc) is 2.80. The van der Waals surface area contributed by atoms with Crippen LogP contribution < -0.4 is 20.8 Å². The Morgan fingerprint density at radius 3 is 2.67 bits per heavy atom. The molecule has 1 amide bonds. The van der Waals surface area contributed by atoms with Gasteiger partial charge in [0.05, 0.1) is 11.3 Å². The van der Waals surface area contributed by atoms with Crippen LogP contribution in [0.1, 0.15) is 28.8 Å². The van der Waals surface area contributed by atoms with Gasteiger partial charge in [0.15, 0.2) is 17.0 Å². The van der Waals surface area contributed by atoms with Crippen LogP contribution in [0.5, 0.6) is 5.75 Å². The molecule has 1 aliphatic heterocycles. The van der Waals surface area contributed by atoms with Gasteiger partial charge in [0.25, 0.3) is 5.91 Å². The third-order valence-corrected chi connectivity index (χ3v) is 5.40. The Hall–Kier alpha value is -4.26. The number of aromatic nitrogens is 2. The van der Waals surface area contributed by atoms with E-state index >= 15 is 0 Å². The predicted octanol–water partition coefficient (Wildman–Crippen LogP) is 2.73. The molecular formula is C23H19F2N5O3. The SMILES string of the molecule is N#Cc1cnc(N2CCC(Oc3ccc(F)cc3F)CC2)c(-c2[nH]ccc(=O)c2C(N)=O)c1. The fourth-order valence-corrected chi connectivity index (χ4v) is 3.83. The lowest BCUT2D eigenvalue weighted by atomic mass is 10.0. The van der Waals surface area contributed by atoms with Crippen molar-refractivity contribution in [2.24, 2.45) is 5.73 Å². The van der Waals surface area contributed by atoms with Crippen molar-refractivity contribution >= 4 is 11.7 Å². The smallest absolute Gasteiger partial charge is 0.254 e. The van der Waals surface area contributed by atoms with Crippen LogP contribution in [0.4, 0.5) is 14.6 Å². The zero-order chi connectivity index (χ0) is 23.5. The van der Waals surface area contributed by atoms with Crippen LogP contribution in [0, 0.1) is 23.0 Å². The normalized spacial score (nSPS) is 14.0. The van der Waals surface area contributed by atoms with Crippen LogP contribution in [0.25, 0.3) is 11.3 Å². The summed E-state index contributed by atoms with van der Waals surface area (Å²) in [4.78, 5) is 33.4. The summed E-state index contributed by atoms with van der Waals surface area (Å²) in [5, 5.41) is 9.32. The molecule has 0 saturated carbocycles. The molecule has 1 aliphatic rings. The van der Waals surface area contributed by atoms with Crippen molar-refractivity contribution in [2.45, 2.75) is 18.9 Å². The number of carbonyl (C=O) groups excluding carboxylic acids is 1. The van der Waals surface area contributed by atoms with E-state index < -0.39 is 23.0 Å². The number of ether oxygens (including phenoxy) is 1. The molecule has 2 aromatic heterocycles. The van der Waals surface area contributed by atoms with Gasteiger partial charge in [0.1, 0.15) is 29.4 Å². The van der Waals surface area contributed by atoms with Gasteiger partial charge in [-0.25, -0.2) is 13.8 Å². The number of hydrogen-bond donors (Lipinski definition) is 2. The molecule has 3 aromatic rings. The minimum absolute atomic E-state index is 0.0139. The van der Waals surface area contributed by atoms with Gasteiger partial charge in [-0.3, -0.25) is 9.59 Å². The summed E-state index contributed by atoms with van der Waals surface area (Å²) in [6.07, 6.45) is 3.54. The Balaban J connectivity index is 1.61. The van der Waals surface area contributed by atoms with Crippen molar-refractivity contribution < 1.29 is 18.3 Å². The molecule has 0 bridgehead atoms. The molecule has 8 nitrogen and oxygen atoms in total. The molecule has 3 N–H and O–H groups in total. The standard InChI is InChI=1S/C23H19F2N5O3/c24-14-1-2-19(17(25)10-14)33-15-4-7-30(8-5-15)23-16(9-13(11-26)12-29-23)21-20(22(27)32)18(31)3-6-28-21/h1-3,6,9-10,12,15H,4-5,7-8H2,(H2,27,32)(H,28,31). The van der Waals surface area contributed by atoms with Gasteiger partial charge >= 0.3 is 0 Å². The average molecular weight is 451 g/mol. The van der Waals surface area contributed by atoms with E-state index in [0.717, 1.165) is 12.1 Å². The molecular weight excluding hydrogens is 432 g/mol. The molecule has 0 spiro atoms. The van der Waals surface area contributed by atoms with Crippen molar-refractivity contribution in [3.05, 3.63) is 75.7 Å². The minimum Gasteiger partial charge on any atom is -0.487 e. The molecule has 1 saturated heterocycles. The topological polar surface area (TPSA) is 125 Å². The summed E-state index contributed by atoms with van der Waals surface area (Å²) in [6, 6.07) is 7.90. The molecule has 10 heteroatoms. The maximum atomic E-state index is 13.9. The van der Waals surface area contributed by atoms with Crippen molar-refractivity contribution in [3.63, 3.8) is 0 Å². The number of carbonyl (C=O) groups is 1. The molecule has 0 atom stereocenters. The number of amides is 1. The quantitative estimate of drug-likeness (QED) is 0.615. The van der Waals surface area contributed by atoms with Crippen LogP contribution >= 0.6 is 0 Å². The molecule has 33 heavy (non-hydrogen) atoms. The van der Waals surface area contributed by atoms with E-state index in [-0.39, 0.29) is 28.7 Å². The Bertz CT molecular complexity index is 1310. The van der Waals surface area contributed by atoms with Crippen LogP contribution in [-0.2, 0) is 0 Å². The predicted molar refractivity (Wildman–Crippen MR) is 116 cm³/mol. The number of nitriles is 1. The number of H-pyrrole nitrogens is 1. The van der Waals surface area contributed by atoms with E-state index in [0.29, 0.717) is 37.3 Å². The summed E-state index contributed by atoms with van der Waals surface area (Å²) in [5.74, 6) is -1.89. The van der Waals surface area contributed by atoms with Gasteiger partial charge < -0.3 is 20.4 Å². The molecule has 1 aromatic carbocycles. The Kier molecular flexibility index (Phi) is 6.04. The number of halogens is 2. The fourth-order valence-electron chi connectivity index (χ4n) is 3.83. The summed E-state index contributed by atoms with van der Waals surface area (Å²) < 4.78 is 32.7. The fraction of sp³-hybridized carbons (Fsp3) is 0.217. The van der Waals surface area contributed by atoms with Gasteiger partial charge in [-0.2, -0.15) is 5.26 Å². The second-order valence-electron chi connectivity index (χ2n) is 7.54. The maximum Gasteiger partial charge on any atom is 0.254 e. The number of nitrogens with zero attached hydrogens (tertiary/aromatic N) is 3. The lowest BCUT2D eigenvalue weighted by Gasteiger charge is -2.34. The number of rotatable bonds is 5. The summed E-state index contributed by atoms with van der Waals surface area (Å²) in [5.41, 5.74) is 5.49. The lowest BCUT2D eigenvalue weighted by Crippen LogP contribution is -2.39. The summed E-state index contributed by atoms with van der Waals surface area (Å²) >= 11 is 0. The molecule has 0 unspecified atom stereocenters. The van der Waals surface area contributed by atoms with Crippen LogP contribution in [0.2, 0.25) is 0 Å². The third-order valence-electron chi connectivity index (χ3n) is 5.40. The van der Waals surface area contributed by atoms with Gasteiger partial charge in [-0.15, -0.1) is 0 Å². The van der Waals surface area contributed by atoms with Crippen molar-refractivity contribution in [2.75, 3.05) is 18.0 Å². The summed E-state index contributed by atoms with van der Waals surface area (Å²) in [7, 11) is 0. The largest absolute Gasteiger partial charge is 0.487 e. The molecule has 1 fully saturated rings. The Morgan fingerprint density at radius 2 is 2.00 bits per heavy atom. The van der Waals surface area contributed by atoms with Gasteiger partial charge in [0.2, 0.25) is 0 Å². The first-order valence-electron chi connectivity index (χ1n) is 10.2. The Labute approximate surface area is 187 Å². The van der Waals surface area contributed by atoms with E-state index in [9.17, 15) is 23.6 Å². The monoisotopic (exact) mass is 451 g/mol. The number of benzene rings is 1. The zero-order valence-electron chi connectivity index (χ0n) is 17.3. The van der Waals surface area contributed by atoms with Crippen LogP contribution in [0.3, 0.4) is 0 Å². The van der Waals surface area contributed by atoms with E-state index in [2.05, 4.69) is 9.97 Å². The molecule has 4 rings (SSSR count). The van der Waals surface area contributed by atoms with Crippen molar-refractivity contribution in [1.29, 1.82) is 5.26 Å². The number of nitrogens with two attached hydrogens (primary N) is 1. The first-order valence-corrected chi connectivity index (χ1v) is 10.2. The Morgan fingerprint density at radius 1 is 1.24 bits per heavy atom. The highest BCUT2D eigenvalue weighted by atomic mass is 19.1. The van der Waals surface area contributed by atoms with Crippen LogP contribution in [-0.4, -0.2) is 35.1 Å². The van der Waals surface area contributed by atoms with Crippen molar-refractivity contribution in [1.82, 2.24) is 9.97 Å². The van der Waals surface area contributed by atoms with Gasteiger partial charge in [0, 0.05) is 56.0 Å². The number of hydrogen-bond acceptors (Lipinski definition) is 6. The van der Waals surface area contributed by atoms with E-state index in [1.807, 2.05) is 11.0 Å². The molecule has 0 aliphatic carbocycles. The first kappa shape index (κ1) is 22.0. The summed E-state index contributed by atoms with van der Waals surface area (Å²) in [6.45, 7) is 0.949. The van der Waals surface area contributed by atoms with E-state index in [1.54, 1.807) is 0 Å². The molecule has 0 radical (unpaired) electrons. The van der Waals surface area contributed by atoms with Crippen LogP contribution in [0.15, 0.2) is 47.5 Å². The molecule has 3 heterocycles. The number of primary amides is 1. The number of aromatic amines is 1. The van der Waals surface area contributed by atoms with Crippen molar-refractivity contribution in [3.8, 4) is 23.1 Å². The third kappa shape index (κ3) is 4.52. The second kappa shape index (κ2) is 9.08. The number of pyridine rings is 2. The van der Waals surface area contributed by atoms with Gasteiger partial charge in [-0.05, 0) is 18.2 Å². The van der Waals surface area contributed by atoms with E-state index in [4.69, 9.17) is 10.5 Å². The zero-order valence-corrected chi connectivity index (χ0v) is 17.3. The second-order valence-corrected chi connectivity index (χ2v) is 7.54. The minimum atomic E-state index is -0.895. The lowest BCUT2D eigenvalue weighted by molar-refractivity contribution is 0.0999. The highest BCUT2D eigenvalue weighted by molar-refractivity contribution is 6.00. The van der Waals surface area contributed by atoms with E-state index in [1.165, 1.54) is 30.6 Å². The highest BCUT2D eigenvalue weighted by Gasteiger charge is 2.26. The highest BCUT2D eigenvalue weighted by Crippen LogP contribution is 2.32. The number of nitrogens with one attached hydrogen (secondary N) is 1. The molecule has 168 valence electrons. The van der Waals surface area contributed by atoms with Gasteiger partial charge in [-0.1, -0.05) is 0 Å². The number of anilines is 1. The first-order chi connectivity index (χ1) is 15.9.